The Hall–Kier alpha value is -0.730. The number of hydrogen-bond acceptors (Lipinski definition) is 5. The van der Waals surface area contributed by atoms with Gasteiger partial charge in [-0.3, -0.25) is 4.90 Å². The zero-order valence-corrected chi connectivity index (χ0v) is 14.6. The first-order valence-corrected chi connectivity index (χ1v) is 9.79. The van der Waals surface area contributed by atoms with Crippen LogP contribution in [0.2, 0.25) is 5.15 Å². The highest BCUT2D eigenvalue weighted by Crippen LogP contribution is 2.24. The molecule has 1 aromatic rings. The van der Waals surface area contributed by atoms with E-state index in [1.165, 1.54) is 18.3 Å². The molecule has 2 saturated heterocycles. The number of nitrogens with zero attached hydrogens (tertiary/aromatic N) is 3. The van der Waals surface area contributed by atoms with Gasteiger partial charge in [0.2, 0.25) is 10.0 Å². The van der Waals surface area contributed by atoms with Crippen molar-refractivity contribution in [2.24, 2.45) is 5.92 Å². The molecule has 3 heterocycles. The highest BCUT2D eigenvalue weighted by Gasteiger charge is 2.30. The number of pyridine rings is 1. The number of rotatable bonds is 4. The topological polar surface area (TPSA) is 62.7 Å². The molecular formula is C15H22ClN3O3S. The molecule has 1 aromatic heterocycles. The maximum atomic E-state index is 12.6. The van der Waals surface area contributed by atoms with Crippen LogP contribution >= 0.6 is 11.6 Å². The first-order valence-electron chi connectivity index (χ1n) is 7.97. The quantitative estimate of drug-likeness (QED) is 0.762. The van der Waals surface area contributed by atoms with Gasteiger partial charge in [-0.1, -0.05) is 11.6 Å². The molecule has 6 nitrogen and oxygen atoms in total. The van der Waals surface area contributed by atoms with E-state index in [4.69, 9.17) is 16.3 Å². The summed E-state index contributed by atoms with van der Waals surface area (Å²) in [4.78, 5) is 6.51. The second-order valence-electron chi connectivity index (χ2n) is 6.08. The van der Waals surface area contributed by atoms with Gasteiger partial charge in [0.15, 0.2) is 0 Å². The lowest BCUT2D eigenvalue weighted by Gasteiger charge is -2.35. The predicted molar refractivity (Wildman–Crippen MR) is 88.0 cm³/mol. The lowest BCUT2D eigenvalue weighted by atomic mass is 9.97. The van der Waals surface area contributed by atoms with Crippen LogP contribution in [0.5, 0.6) is 0 Å². The zero-order chi connectivity index (χ0) is 16.3. The van der Waals surface area contributed by atoms with Crippen molar-refractivity contribution in [3.8, 4) is 0 Å². The Morgan fingerprint density at radius 3 is 2.48 bits per heavy atom. The van der Waals surface area contributed by atoms with E-state index >= 15 is 0 Å². The van der Waals surface area contributed by atoms with Crippen molar-refractivity contribution < 1.29 is 13.2 Å². The van der Waals surface area contributed by atoms with E-state index in [0.29, 0.717) is 24.2 Å². The molecule has 0 aliphatic carbocycles. The Morgan fingerprint density at radius 2 is 1.87 bits per heavy atom. The third-order valence-electron chi connectivity index (χ3n) is 4.53. The van der Waals surface area contributed by atoms with Crippen molar-refractivity contribution in [3.05, 3.63) is 23.5 Å². The second kappa shape index (κ2) is 7.44. The van der Waals surface area contributed by atoms with Crippen LogP contribution in [0, 0.1) is 5.92 Å². The fraction of sp³-hybridized carbons (Fsp3) is 0.667. The van der Waals surface area contributed by atoms with Gasteiger partial charge in [0.25, 0.3) is 0 Å². The maximum absolute atomic E-state index is 12.6. The van der Waals surface area contributed by atoms with Gasteiger partial charge in [0.1, 0.15) is 10.0 Å². The average molecular weight is 360 g/mol. The van der Waals surface area contributed by atoms with Crippen molar-refractivity contribution in [2.75, 3.05) is 45.9 Å². The Bertz CT molecular complexity index is 609. The molecule has 0 saturated carbocycles. The molecule has 0 N–H and O–H groups in total. The van der Waals surface area contributed by atoms with Gasteiger partial charge >= 0.3 is 0 Å². The third kappa shape index (κ3) is 4.22. The molecule has 2 aliphatic heterocycles. The summed E-state index contributed by atoms with van der Waals surface area (Å²) in [7, 11) is -3.46. The lowest BCUT2D eigenvalue weighted by Crippen LogP contribution is -2.44. The third-order valence-corrected chi connectivity index (χ3v) is 6.64. The summed E-state index contributed by atoms with van der Waals surface area (Å²) in [5.74, 6) is 0.558. The van der Waals surface area contributed by atoms with Crippen molar-refractivity contribution in [1.82, 2.24) is 14.2 Å². The number of sulfonamides is 1. The fourth-order valence-corrected chi connectivity index (χ4v) is 4.67. The number of morpholine rings is 1. The van der Waals surface area contributed by atoms with E-state index in [1.54, 1.807) is 4.31 Å². The summed E-state index contributed by atoms with van der Waals surface area (Å²) in [6.45, 7) is 5.75. The molecule has 0 aromatic carbocycles. The Kier molecular flexibility index (Phi) is 5.53. The molecular weight excluding hydrogens is 338 g/mol. The highest BCUT2D eigenvalue weighted by molar-refractivity contribution is 7.89. The van der Waals surface area contributed by atoms with E-state index in [0.717, 1.165) is 45.7 Å². The number of ether oxygens (including phenoxy) is 1. The van der Waals surface area contributed by atoms with Crippen molar-refractivity contribution in [3.63, 3.8) is 0 Å². The summed E-state index contributed by atoms with van der Waals surface area (Å²) in [6.07, 6.45) is 3.13. The van der Waals surface area contributed by atoms with E-state index in [2.05, 4.69) is 9.88 Å². The molecule has 23 heavy (non-hydrogen) atoms. The zero-order valence-electron chi connectivity index (χ0n) is 13.0. The summed E-state index contributed by atoms with van der Waals surface area (Å²) >= 11 is 5.73. The van der Waals surface area contributed by atoms with Crippen LogP contribution < -0.4 is 0 Å². The fourth-order valence-electron chi connectivity index (χ4n) is 3.15. The van der Waals surface area contributed by atoms with Crippen LogP contribution in [0.4, 0.5) is 0 Å². The molecule has 0 spiro atoms. The van der Waals surface area contributed by atoms with Gasteiger partial charge in [-0.15, -0.1) is 0 Å². The lowest BCUT2D eigenvalue weighted by molar-refractivity contribution is 0.0269. The van der Waals surface area contributed by atoms with E-state index in [-0.39, 0.29) is 4.90 Å². The van der Waals surface area contributed by atoms with Crippen LogP contribution in [0.15, 0.2) is 23.2 Å². The van der Waals surface area contributed by atoms with Gasteiger partial charge in [-0.05, 0) is 30.9 Å². The summed E-state index contributed by atoms with van der Waals surface area (Å²) in [5.41, 5.74) is 0. The normalized spacial score (nSPS) is 22.3. The number of aromatic nitrogens is 1. The van der Waals surface area contributed by atoms with E-state index in [9.17, 15) is 8.42 Å². The van der Waals surface area contributed by atoms with Crippen molar-refractivity contribution in [1.29, 1.82) is 0 Å². The van der Waals surface area contributed by atoms with Gasteiger partial charge in [-0.2, -0.15) is 4.31 Å². The molecule has 128 valence electrons. The van der Waals surface area contributed by atoms with Crippen molar-refractivity contribution >= 4 is 21.6 Å². The molecule has 0 amide bonds. The smallest absolute Gasteiger partial charge is 0.244 e. The van der Waals surface area contributed by atoms with Gasteiger partial charge in [0, 0.05) is 38.9 Å². The van der Waals surface area contributed by atoms with Crippen LogP contribution in [-0.4, -0.2) is 68.5 Å². The van der Waals surface area contributed by atoms with Gasteiger partial charge < -0.3 is 4.74 Å². The van der Waals surface area contributed by atoms with Gasteiger partial charge in [-0.25, -0.2) is 13.4 Å². The Labute approximate surface area is 142 Å². The molecule has 2 aliphatic rings. The maximum Gasteiger partial charge on any atom is 0.244 e. The minimum absolute atomic E-state index is 0.216. The molecule has 0 bridgehead atoms. The SMILES string of the molecule is O=S(=O)(c1ccc(Cl)nc1)N1CCC(CN2CCOCC2)CC1. The van der Waals surface area contributed by atoms with Gasteiger partial charge in [0.05, 0.1) is 13.2 Å². The van der Waals surface area contributed by atoms with Crippen molar-refractivity contribution in [2.45, 2.75) is 17.7 Å². The summed E-state index contributed by atoms with van der Waals surface area (Å²) < 4.78 is 32.1. The first-order chi connectivity index (χ1) is 11.1. The number of hydrogen-bond donors (Lipinski definition) is 0. The molecule has 8 heteroatoms. The average Bonchev–Trinajstić information content (AvgIpc) is 2.57. The standard InChI is InChI=1S/C15H22ClN3O3S/c16-15-2-1-14(11-17-15)23(20,21)19-5-3-13(4-6-19)12-18-7-9-22-10-8-18/h1-2,11,13H,3-10,12H2. The van der Waals surface area contributed by atoms with E-state index in [1.807, 2.05) is 0 Å². The predicted octanol–water partition coefficient (Wildman–Crippen LogP) is 1.47. The van der Waals surface area contributed by atoms with Crippen LogP contribution in [0.1, 0.15) is 12.8 Å². The minimum atomic E-state index is -3.46. The molecule has 0 atom stereocenters. The first kappa shape index (κ1) is 17.1. The van der Waals surface area contributed by atoms with E-state index < -0.39 is 10.0 Å². The Morgan fingerprint density at radius 1 is 1.17 bits per heavy atom. The number of halogens is 1. The molecule has 2 fully saturated rings. The summed E-state index contributed by atoms with van der Waals surface area (Å²) in [6, 6.07) is 3.03. The van der Waals surface area contributed by atoms with Crippen LogP contribution in [0.3, 0.4) is 0 Å². The minimum Gasteiger partial charge on any atom is -0.379 e. The second-order valence-corrected chi connectivity index (χ2v) is 8.40. The monoisotopic (exact) mass is 359 g/mol. The molecule has 3 rings (SSSR count). The van der Waals surface area contributed by atoms with Crippen LogP contribution in [0.25, 0.3) is 0 Å². The number of piperidine rings is 1. The van der Waals surface area contributed by atoms with Crippen LogP contribution in [-0.2, 0) is 14.8 Å². The summed E-state index contributed by atoms with van der Waals surface area (Å²) in [5, 5.41) is 0.299. The largest absolute Gasteiger partial charge is 0.379 e. The molecule has 0 unspecified atom stereocenters. The molecule has 0 radical (unpaired) electrons. The highest BCUT2D eigenvalue weighted by atomic mass is 35.5. The Balaban J connectivity index is 1.56.